The van der Waals surface area contributed by atoms with Gasteiger partial charge in [-0.1, -0.05) is 97.1 Å². The Morgan fingerprint density at radius 1 is 0.545 bits per heavy atom. The molecular formula is C21H16O. The highest BCUT2D eigenvalue weighted by Crippen LogP contribution is 2.21. The molecule has 0 unspecified atom stereocenters. The number of carbonyl (C=O) groups excluding carboxylic acids is 1. The zero-order chi connectivity index (χ0) is 15.5. The molecule has 3 rings (SSSR count). The maximum Gasteiger partial charge on any atom is 0.177 e. The molecule has 0 saturated carbocycles. The van der Waals surface area contributed by atoms with Gasteiger partial charge in [0.2, 0.25) is 0 Å². The van der Waals surface area contributed by atoms with Crippen LogP contribution in [0.5, 0.6) is 0 Å². The van der Waals surface area contributed by atoms with Gasteiger partial charge in [0.05, 0.1) is 0 Å². The molecule has 0 aromatic heterocycles. The summed E-state index contributed by atoms with van der Waals surface area (Å²) in [6, 6.07) is 31.4. The maximum atomic E-state index is 10.5. The van der Waals surface area contributed by atoms with E-state index >= 15 is 0 Å². The fourth-order valence-electron chi connectivity index (χ4n) is 1.96. The van der Waals surface area contributed by atoms with Crippen molar-refractivity contribution in [3.8, 4) is 0 Å². The third kappa shape index (κ3) is 4.77. The molecule has 0 radical (unpaired) electrons. The smallest absolute Gasteiger partial charge is 0.177 e. The highest BCUT2D eigenvalue weighted by atomic mass is 16.1. The van der Waals surface area contributed by atoms with Crippen molar-refractivity contribution in [2.24, 2.45) is 0 Å². The van der Waals surface area contributed by atoms with Crippen LogP contribution in [0.2, 0.25) is 0 Å². The monoisotopic (exact) mass is 284 g/mol. The van der Waals surface area contributed by atoms with E-state index in [-0.39, 0.29) is 0 Å². The van der Waals surface area contributed by atoms with Gasteiger partial charge in [-0.15, -0.1) is 0 Å². The average Bonchev–Trinajstić information content (AvgIpc) is 2.63. The van der Waals surface area contributed by atoms with E-state index in [1.165, 1.54) is 0 Å². The lowest BCUT2D eigenvalue weighted by Gasteiger charge is -2.03. The van der Waals surface area contributed by atoms with E-state index in [9.17, 15) is 4.79 Å². The molecule has 0 aliphatic carbocycles. The number of benzene rings is 3. The zero-order valence-corrected chi connectivity index (χ0v) is 12.1. The second kappa shape index (κ2) is 8.94. The van der Waals surface area contributed by atoms with Gasteiger partial charge in [-0.25, -0.2) is 4.79 Å². The first-order valence-electron chi connectivity index (χ1n) is 7.03. The van der Waals surface area contributed by atoms with E-state index in [0.717, 1.165) is 16.7 Å². The summed E-state index contributed by atoms with van der Waals surface area (Å²) < 4.78 is 0. The van der Waals surface area contributed by atoms with Gasteiger partial charge in [0.1, 0.15) is 0 Å². The van der Waals surface area contributed by atoms with Gasteiger partial charge < -0.3 is 0 Å². The lowest BCUT2D eigenvalue weighted by atomic mass is 9.99. The van der Waals surface area contributed by atoms with Gasteiger partial charge in [0.15, 0.2) is 5.94 Å². The molecule has 22 heavy (non-hydrogen) atoms. The molecule has 0 N–H and O–H groups in total. The largest absolute Gasteiger partial charge is 0.224 e. The summed E-state index contributed by atoms with van der Waals surface area (Å²) >= 11 is 0. The van der Waals surface area contributed by atoms with Crippen molar-refractivity contribution in [2.45, 2.75) is 0 Å². The molecule has 1 heteroatoms. The third-order valence-corrected chi connectivity index (χ3v) is 2.97. The quantitative estimate of drug-likeness (QED) is 0.488. The van der Waals surface area contributed by atoms with Crippen molar-refractivity contribution in [3.05, 3.63) is 114 Å². The first kappa shape index (κ1) is 15.3. The van der Waals surface area contributed by atoms with E-state index in [1.807, 2.05) is 97.1 Å². The summed E-state index contributed by atoms with van der Waals surface area (Å²) in [5.74, 6) is 1.73. The molecule has 0 aliphatic heterocycles. The Morgan fingerprint density at radius 2 is 0.864 bits per heavy atom. The van der Waals surface area contributed by atoms with Crippen LogP contribution < -0.4 is 0 Å². The fraction of sp³-hybridized carbons (Fsp3) is 0. The molecule has 0 saturated heterocycles. The molecule has 1 nitrogen and oxygen atoms in total. The summed E-state index contributed by atoms with van der Waals surface area (Å²) in [6.07, 6.45) is 0. The van der Waals surface area contributed by atoms with Gasteiger partial charge in [-0.2, -0.15) is 0 Å². The van der Waals surface area contributed by atoms with Crippen LogP contribution in [0.1, 0.15) is 11.1 Å². The van der Waals surface area contributed by atoms with Gasteiger partial charge in [-0.05, 0) is 16.9 Å². The molecule has 0 aliphatic rings. The Hall–Kier alpha value is -3.11. The van der Waals surface area contributed by atoms with E-state index in [2.05, 4.69) is 5.73 Å². The van der Waals surface area contributed by atoms with Gasteiger partial charge in [0.25, 0.3) is 0 Å². The highest BCUT2D eigenvalue weighted by Gasteiger charge is 2.02. The van der Waals surface area contributed by atoms with Crippen LogP contribution in [0.3, 0.4) is 0 Å². The lowest BCUT2D eigenvalue weighted by Crippen LogP contribution is -1.85. The van der Waals surface area contributed by atoms with Crippen molar-refractivity contribution in [1.29, 1.82) is 0 Å². The molecule has 3 aromatic rings. The second-order valence-electron chi connectivity index (χ2n) is 4.49. The molecule has 0 spiro atoms. The standard InChI is InChI=1S/C15H10O.C6H6/c16-12-11-15(13-7-3-1-4-8-13)14-9-5-2-6-10-14;1-2-4-6-5-3-1/h1-10H;1-6H. The molecule has 0 amide bonds. The zero-order valence-electron chi connectivity index (χ0n) is 12.1. The van der Waals surface area contributed by atoms with Crippen LogP contribution >= 0.6 is 0 Å². The van der Waals surface area contributed by atoms with Crippen molar-refractivity contribution in [3.63, 3.8) is 0 Å². The predicted molar refractivity (Wildman–Crippen MR) is 91.0 cm³/mol. The summed E-state index contributed by atoms with van der Waals surface area (Å²) in [7, 11) is 0. The summed E-state index contributed by atoms with van der Waals surface area (Å²) in [4.78, 5) is 10.5. The third-order valence-electron chi connectivity index (χ3n) is 2.97. The number of rotatable bonds is 2. The van der Waals surface area contributed by atoms with Gasteiger partial charge >= 0.3 is 0 Å². The Kier molecular flexibility index (Phi) is 6.21. The van der Waals surface area contributed by atoms with Crippen LogP contribution in [0.25, 0.3) is 5.57 Å². The van der Waals surface area contributed by atoms with Crippen LogP contribution in [0.4, 0.5) is 0 Å². The van der Waals surface area contributed by atoms with Crippen LogP contribution in [-0.4, -0.2) is 5.94 Å². The second-order valence-corrected chi connectivity index (χ2v) is 4.49. The van der Waals surface area contributed by atoms with Crippen LogP contribution in [0, 0.1) is 0 Å². The minimum atomic E-state index is 0.774. The van der Waals surface area contributed by atoms with E-state index in [0.29, 0.717) is 0 Å². The van der Waals surface area contributed by atoms with E-state index in [4.69, 9.17) is 0 Å². The molecule has 0 fully saturated rings. The Morgan fingerprint density at radius 3 is 1.18 bits per heavy atom. The fourth-order valence-corrected chi connectivity index (χ4v) is 1.96. The van der Waals surface area contributed by atoms with Crippen molar-refractivity contribution in [1.82, 2.24) is 0 Å². The normalized spacial score (nSPS) is 8.73. The molecular weight excluding hydrogens is 268 g/mol. The Balaban J connectivity index is 0.000000246. The first-order valence-corrected chi connectivity index (χ1v) is 7.03. The van der Waals surface area contributed by atoms with Crippen LogP contribution in [-0.2, 0) is 4.79 Å². The molecule has 106 valence electrons. The van der Waals surface area contributed by atoms with E-state index < -0.39 is 0 Å². The van der Waals surface area contributed by atoms with E-state index in [1.54, 1.807) is 5.94 Å². The summed E-state index contributed by atoms with van der Waals surface area (Å²) in [5.41, 5.74) is 5.34. The number of hydrogen-bond donors (Lipinski definition) is 0. The van der Waals surface area contributed by atoms with Gasteiger partial charge in [-0.3, -0.25) is 0 Å². The summed E-state index contributed by atoms with van der Waals surface area (Å²) in [6.45, 7) is 0. The van der Waals surface area contributed by atoms with Crippen LogP contribution in [0.15, 0.2) is 103 Å². The van der Waals surface area contributed by atoms with Crippen molar-refractivity contribution >= 4 is 11.5 Å². The minimum Gasteiger partial charge on any atom is -0.224 e. The molecule has 3 aromatic carbocycles. The number of hydrogen-bond acceptors (Lipinski definition) is 1. The molecule has 0 atom stereocenters. The summed E-state index contributed by atoms with van der Waals surface area (Å²) in [5, 5.41) is 0. The topological polar surface area (TPSA) is 17.1 Å². The Labute approximate surface area is 130 Å². The SMILES string of the molecule is O=C=C=C(c1ccccc1)c1ccccc1.c1ccccc1. The molecule has 0 bridgehead atoms. The molecule has 0 heterocycles. The van der Waals surface area contributed by atoms with Gasteiger partial charge in [0, 0.05) is 5.57 Å². The first-order chi connectivity index (χ1) is 10.9. The van der Waals surface area contributed by atoms with Crippen molar-refractivity contribution in [2.75, 3.05) is 0 Å². The lowest BCUT2D eigenvalue weighted by molar-refractivity contribution is 0.569. The maximum absolute atomic E-state index is 10.5. The highest BCUT2D eigenvalue weighted by molar-refractivity contribution is 5.82. The Bertz CT molecular complexity index is 681. The minimum absolute atomic E-state index is 0.774. The van der Waals surface area contributed by atoms with Crippen molar-refractivity contribution < 1.29 is 4.79 Å². The average molecular weight is 284 g/mol. The predicted octanol–water partition coefficient (Wildman–Crippen LogP) is 4.79.